The van der Waals surface area contributed by atoms with Gasteiger partial charge in [-0.25, -0.2) is 4.98 Å². The molecule has 1 aromatic heterocycles. The number of piperidine rings is 1. The number of nitrogens with one attached hydrogen (secondary N) is 2. The molecule has 1 amide bonds. The Morgan fingerprint density at radius 2 is 1.91 bits per heavy atom. The summed E-state index contributed by atoms with van der Waals surface area (Å²) in [6.45, 7) is 1.80. The van der Waals surface area contributed by atoms with Crippen LogP contribution < -0.4 is 15.4 Å². The molecule has 1 aliphatic rings. The number of pyridine rings is 1. The maximum absolute atomic E-state index is 12.2. The molecule has 1 saturated heterocycles. The second kappa shape index (κ2) is 7.44. The molecule has 1 fully saturated rings. The fourth-order valence-electron chi connectivity index (χ4n) is 2.48. The van der Waals surface area contributed by atoms with E-state index in [4.69, 9.17) is 16.3 Å². The Balaban J connectivity index is 1.58. The average molecular weight is 332 g/mol. The zero-order chi connectivity index (χ0) is 16.1. The molecule has 0 atom stereocenters. The first-order valence-electron chi connectivity index (χ1n) is 7.62. The standard InChI is InChI=1S/C17H18ClN3O2/c18-13-1-6-16(20-11-13)23-15-4-2-14(3-5-15)21-17(22)12-7-9-19-10-8-12/h1-6,11-12,19H,7-10H2,(H,21,22). The van der Waals surface area contributed by atoms with Crippen LogP contribution in [-0.2, 0) is 4.79 Å². The number of anilines is 1. The first-order chi connectivity index (χ1) is 11.2. The van der Waals surface area contributed by atoms with Gasteiger partial charge in [0.25, 0.3) is 0 Å². The summed E-state index contributed by atoms with van der Waals surface area (Å²) in [6.07, 6.45) is 3.30. The summed E-state index contributed by atoms with van der Waals surface area (Å²) in [5, 5.41) is 6.77. The van der Waals surface area contributed by atoms with Crippen molar-refractivity contribution in [3.05, 3.63) is 47.6 Å². The van der Waals surface area contributed by atoms with Gasteiger partial charge in [0.1, 0.15) is 5.75 Å². The SMILES string of the molecule is O=C(Nc1ccc(Oc2ccc(Cl)cn2)cc1)C1CCNCC1. The number of ether oxygens (including phenoxy) is 1. The van der Waals surface area contributed by atoms with E-state index in [9.17, 15) is 4.79 Å². The third-order valence-electron chi connectivity index (χ3n) is 3.75. The number of hydrogen-bond donors (Lipinski definition) is 2. The average Bonchev–Trinajstić information content (AvgIpc) is 2.59. The minimum atomic E-state index is 0.0829. The molecule has 23 heavy (non-hydrogen) atoms. The van der Waals surface area contributed by atoms with Gasteiger partial charge in [-0.05, 0) is 56.3 Å². The highest BCUT2D eigenvalue weighted by Crippen LogP contribution is 2.23. The third kappa shape index (κ3) is 4.43. The number of rotatable bonds is 4. The smallest absolute Gasteiger partial charge is 0.227 e. The van der Waals surface area contributed by atoms with Gasteiger partial charge in [0, 0.05) is 23.9 Å². The Kier molecular flexibility index (Phi) is 5.10. The number of carbonyl (C=O) groups excluding carboxylic acids is 1. The molecule has 2 N–H and O–H groups in total. The first kappa shape index (κ1) is 15.8. The zero-order valence-corrected chi connectivity index (χ0v) is 13.3. The van der Waals surface area contributed by atoms with Crippen LogP contribution in [0.1, 0.15) is 12.8 Å². The monoisotopic (exact) mass is 331 g/mol. The number of nitrogens with zero attached hydrogens (tertiary/aromatic N) is 1. The lowest BCUT2D eigenvalue weighted by atomic mass is 9.97. The molecular formula is C17H18ClN3O2. The molecule has 5 nitrogen and oxygen atoms in total. The fourth-order valence-corrected chi connectivity index (χ4v) is 2.59. The number of benzene rings is 1. The van der Waals surface area contributed by atoms with E-state index in [0.29, 0.717) is 16.7 Å². The summed E-state index contributed by atoms with van der Waals surface area (Å²) >= 11 is 5.79. The zero-order valence-electron chi connectivity index (χ0n) is 12.6. The molecule has 1 aromatic carbocycles. The van der Waals surface area contributed by atoms with Gasteiger partial charge in [-0.1, -0.05) is 11.6 Å². The van der Waals surface area contributed by atoms with E-state index in [0.717, 1.165) is 31.6 Å². The van der Waals surface area contributed by atoms with Crippen molar-refractivity contribution in [1.29, 1.82) is 0 Å². The van der Waals surface area contributed by atoms with E-state index >= 15 is 0 Å². The lowest BCUT2D eigenvalue weighted by Gasteiger charge is -2.21. The Labute approximate surface area is 140 Å². The Morgan fingerprint density at radius 3 is 2.57 bits per heavy atom. The largest absolute Gasteiger partial charge is 0.439 e. The van der Waals surface area contributed by atoms with Crippen molar-refractivity contribution >= 4 is 23.2 Å². The van der Waals surface area contributed by atoms with Crippen LogP contribution in [0.2, 0.25) is 5.02 Å². The van der Waals surface area contributed by atoms with Crippen molar-refractivity contribution in [2.24, 2.45) is 5.92 Å². The molecular weight excluding hydrogens is 314 g/mol. The lowest BCUT2D eigenvalue weighted by molar-refractivity contribution is -0.120. The Bertz CT molecular complexity index is 653. The maximum Gasteiger partial charge on any atom is 0.227 e. The highest BCUT2D eigenvalue weighted by molar-refractivity contribution is 6.30. The number of carbonyl (C=O) groups is 1. The van der Waals surface area contributed by atoms with Crippen LogP contribution in [0.4, 0.5) is 5.69 Å². The minimum Gasteiger partial charge on any atom is -0.439 e. The molecule has 120 valence electrons. The molecule has 2 heterocycles. The second-order valence-corrected chi connectivity index (χ2v) is 5.89. The van der Waals surface area contributed by atoms with Gasteiger partial charge in [-0.15, -0.1) is 0 Å². The summed E-state index contributed by atoms with van der Waals surface area (Å²) in [5.74, 6) is 1.30. The van der Waals surface area contributed by atoms with E-state index in [-0.39, 0.29) is 11.8 Å². The number of hydrogen-bond acceptors (Lipinski definition) is 4. The van der Waals surface area contributed by atoms with Crippen molar-refractivity contribution in [2.75, 3.05) is 18.4 Å². The third-order valence-corrected chi connectivity index (χ3v) is 3.98. The van der Waals surface area contributed by atoms with E-state index in [2.05, 4.69) is 15.6 Å². The molecule has 1 aliphatic heterocycles. The molecule has 0 spiro atoms. The molecule has 6 heteroatoms. The minimum absolute atomic E-state index is 0.0829. The van der Waals surface area contributed by atoms with Gasteiger partial charge in [0.05, 0.1) is 5.02 Å². The highest BCUT2D eigenvalue weighted by atomic mass is 35.5. The van der Waals surface area contributed by atoms with Crippen molar-refractivity contribution in [3.63, 3.8) is 0 Å². The predicted molar refractivity (Wildman–Crippen MR) is 90.0 cm³/mol. The van der Waals surface area contributed by atoms with Gasteiger partial charge in [0.15, 0.2) is 0 Å². The van der Waals surface area contributed by atoms with Crippen molar-refractivity contribution in [3.8, 4) is 11.6 Å². The first-order valence-corrected chi connectivity index (χ1v) is 7.99. The van der Waals surface area contributed by atoms with Gasteiger partial charge in [-0.3, -0.25) is 4.79 Å². The summed E-state index contributed by atoms with van der Waals surface area (Å²) in [4.78, 5) is 16.3. The number of halogens is 1. The van der Waals surface area contributed by atoms with Crippen molar-refractivity contribution in [2.45, 2.75) is 12.8 Å². The van der Waals surface area contributed by atoms with Crippen LogP contribution >= 0.6 is 11.6 Å². The van der Waals surface area contributed by atoms with E-state index in [1.54, 1.807) is 24.3 Å². The Morgan fingerprint density at radius 1 is 1.17 bits per heavy atom. The highest BCUT2D eigenvalue weighted by Gasteiger charge is 2.20. The van der Waals surface area contributed by atoms with E-state index < -0.39 is 0 Å². The van der Waals surface area contributed by atoms with Gasteiger partial charge in [-0.2, -0.15) is 0 Å². The van der Waals surface area contributed by atoms with Crippen molar-refractivity contribution in [1.82, 2.24) is 10.3 Å². The molecule has 0 radical (unpaired) electrons. The fraction of sp³-hybridized carbons (Fsp3) is 0.294. The second-order valence-electron chi connectivity index (χ2n) is 5.45. The van der Waals surface area contributed by atoms with Gasteiger partial charge in [0.2, 0.25) is 11.8 Å². The van der Waals surface area contributed by atoms with Gasteiger partial charge >= 0.3 is 0 Å². The van der Waals surface area contributed by atoms with E-state index in [1.807, 2.05) is 12.1 Å². The van der Waals surface area contributed by atoms with Crippen LogP contribution in [0.15, 0.2) is 42.6 Å². The number of aromatic nitrogens is 1. The molecule has 0 aliphatic carbocycles. The molecule has 0 unspecified atom stereocenters. The molecule has 2 aromatic rings. The van der Waals surface area contributed by atoms with Crippen LogP contribution in [0, 0.1) is 5.92 Å². The molecule has 3 rings (SSSR count). The van der Waals surface area contributed by atoms with E-state index in [1.165, 1.54) is 6.20 Å². The van der Waals surface area contributed by atoms with Crippen molar-refractivity contribution < 1.29 is 9.53 Å². The van der Waals surface area contributed by atoms with Crippen LogP contribution in [-0.4, -0.2) is 24.0 Å². The quantitative estimate of drug-likeness (QED) is 0.900. The summed E-state index contributed by atoms with van der Waals surface area (Å²) in [5.41, 5.74) is 0.768. The van der Waals surface area contributed by atoms with Gasteiger partial charge < -0.3 is 15.4 Å². The lowest BCUT2D eigenvalue weighted by Crippen LogP contribution is -2.34. The Hall–Kier alpha value is -2.11. The van der Waals surface area contributed by atoms with Crippen LogP contribution in [0.5, 0.6) is 11.6 Å². The van der Waals surface area contributed by atoms with Crippen LogP contribution in [0.25, 0.3) is 0 Å². The number of amides is 1. The summed E-state index contributed by atoms with van der Waals surface area (Å²) in [7, 11) is 0. The summed E-state index contributed by atoms with van der Waals surface area (Å²) < 4.78 is 5.62. The summed E-state index contributed by atoms with van der Waals surface area (Å²) in [6, 6.07) is 10.7. The molecule has 0 saturated carbocycles. The predicted octanol–water partition coefficient (Wildman–Crippen LogP) is 3.47. The molecule has 0 bridgehead atoms. The van der Waals surface area contributed by atoms with Crippen LogP contribution in [0.3, 0.4) is 0 Å². The topological polar surface area (TPSA) is 63.2 Å². The maximum atomic E-state index is 12.2. The normalized spacial score (nSPS) is 15.2.